The number of aromatic nitrogens is 1. The lowest BCUT2D eigenvalue weighted by Gasteiger charge is -2.22. The Morgan fingerprint density at radius 1 is 1.50 bits per heavy atom. The van der Waals surface area contributed by atoms with Crippen molar-refractivity contribution < 1.29 is 4.42 Å². The van der Waals surface area contributed by atoms with E-state index in [-0.39, 0.29) is 5.41 Å². The molecule has 0 saturated carbocycles. The first-order chi connectivity index (χ1) is 9.58. The number of hydrogen-bond acceptors (Lipinski definition) is 5. The number of aryl methyl sites for hydroxylation is 1. The molecule has 1 saturated heterocycles. The Hall–Kier alpha value is -1.17. The zero-order chi connectivity index (χ0) is 14.2. The van der Waals surface area contributed by atoms with Crippen LogP contribution in [0.1, 0.15) is 24.0 Å². The van der Waals surface area contributed by atoms with E-state index in [0.29, 0.717) is 0 Å². The maximum Gasteiger partial charge on any atom is 0.162 e. The second kappa shape index (κ2) is 5.31. The lowest BCUT2D eigenvalue weighted by atomic mass is 9.90. The van der Waals surface area contributed by atoms with Crippen molar-refractivity contribution in [2.45, 2.75) is 26.8 Å². The van der Waals surface area contributed by atoms with Crippen LogP contribution in [-0.4, -0.2) is 29.5 Å². The van der Waals surface area contributed by atoms with E-state index in [1.807, 2.05) is 25.3 Å². The number of nitrogens with zero attached hydrogens (tertiary/aromatic N) is 2. The van der Waals surface area contributed by atoms with Gasteiger partial charge in [0.1, 0.15) is 5.76 Å². The highest BCUT2D eigenvalue weighted by Gasteiger charge is 2.32. The van der Waals surface area contributed by atoms with Crippen LogP contribution in [-0.2, 0) is 6.54 Å². The maximum atomic E-state index is 5.86. The van der Waals surface area contributed by atoms with Gasteiger partial charge in [-0.15, -0.1) is 11.3 Å². The van der Waals surface area contributed by atoms with E-state index in [2.05, 4.69) is 16.8 Å². The maximum absolute atomic E-state index is 5.86. The summed E-state index contributed by atoms with van der Waals surface area (Å²) in [7, 11) is 0. The van der Waals surface area contributed by atoms with Gasteiger partial charge in [-0.3, -0.25) is 4.90 Å². The number of thiazole rings is 1. The fourth-order valence-electron chi connectivity index (χ4n) is 2.69. The summed E-state index contributed by atoms with van der Waals surface area (Å²) < 4.78 is 5.62. The Morgan fingerprint density at radius 2 is 2.35 bits per heavy atom. The molecule has 0 bridgehead atoms. The smallest absolute Gasteiger partial charge is 0.162 e. The van der Waals surface area contributed by atoms with Crippen LogP contribution in [0.5, 0.6) is 0 Å². The van der Waals surface area contributed by atoms with Crippen molar-refractivity contribution in [2.24, 2.45) is 11.1 Å². The highest BCUT2D eigenvalue weighted by atomic mass is 32.1. The van der Waals surface area contributed by atoms with Gasteiger partial charge in [0.05, 0.1) is 0 Å². The van der Waals surface area contributed by atoms with Gasteiger partial charge in [-0.1, -0.05) is 6.92 Å². The largest absolute Gasteiger partial charge is 0.459 e. The molecule has 3 rings (SSSR count). The molecule has 0 aromatic carbocycles. The molecule has 0 spiro atoms. The Labute approximate surface area is 123 Å². The Kier molecular flexibility index (Phi) is 3.67. The van der Waals surface area contributed by atoms with Crippen LogP contribution in [0.4, 0.5) is 0 Å². The number of furan rings is 1. The summed E-state index contributed by atoms with van der Waals surface area (Å²) in [6.07, 6.45) is 3.16. The number of hydrogen-bond donors (Lipinski definition) is 1. The summed E-state index contributed by atoms with van der Waals surface area (Å²) in [5.41, 5.74) is 6.14. The molecule has 2 aromatic rings. The van der Waals surface area contributed by atoms with Gasteiger partial charge < -0.3 is 10.2 Å². The molecule has 108 valence electrons. The van der Waals surface area contributed by atoms with Crippen LogP contribution in [0.25, 0.3) is 10.8 Å². The lowest BCUT2D eigenvalue weighted by molar-refractivity contribution is 0.276. The van der Waals surface area contributed by atoms with E-state index in [1.165, 1.54) is 11.3 Å². The van der Waals surface area contributed by atoms with Crippen LogP contribution < -0.4 is 5.73 Å². The average Bonchev–Trinajstić information content (AvgIpc) is 3.12. The fraction of sp³-hybridized carbons (Fsp3) is 0.533. The predicted molar refractivity (Wildman–Crippen MR) is 81.6 cm³/mol. The molecule has 0 aliphatic carbocycles. The molecule has 0 radical (unpaired) electrons. The molecule has 0 amide bonds. The SMILES string of the molecule is Cc1ccc(-c2ncc(CN3CCC(C)(CN)C3)s2)o1. The van der Waals surface area contributed by atoms with Gasteiger partial charge in [0.25, 0.3) is 0 Å². The molecule has 1 aliphatic rings. The first-order valence-corrected chi connectivity index (χ1v) is 7.84. The van der Waals surface area contributed by atoms with Crippen molar-refractivity contribution in [3.63, 3.8) is 0 Å². The van der Waals surface area contributed by atoms with E-state index in [1.54, 1.807) is 11.3 Å². The summed E-state index contributed by atoms with van der Waals surface area (Å²) in [6.45, 7) is 8.17. The van der Waals surface area contributed by atoms with E-state index >= 15 is 0 Å². The zero-order valence-electron chi connectivity index (χ0n) is 12.1. The molecule has 2 aromatic heterocycles. The highest BCUT2D eigenvalue weighted by Crippen LogP contribution is 2.32. The van der Waals surface area contributed by atoms with Gasteiger partial charge in [-0.2, -0.15) is 0 Å². The topological polar surface area (TPSA) is 55.3 Å². The van der Waals surface area contributed by atoms with E-state index in [9.17, 15) is 0 Å². The van der Waals surface area contributed by atoms with Gasteiger partial charge in [-0.05, 0) is 44.0 Å². The van der Waals surface area contributed by atoms with E-state index in [4.69, 9.17) is 10.2 Å². The van der Waals surface area contributed by atoms with Crippen LogP contribution in [0.3, 0.4) is 0 Å². The summed E-state index contributed by atoms with van der Waals surface area (Å²) >= 11 is 1.72. The zero-order valence-corrected chi connectivity index (χ0v) is 12.9. The molecule has 1 unspecified atom stereocenters. The summed E-state index contributed by atoms with van der Waals surface area (Å²) in [4.78, 5) is 8.23. The molecule has 3 heterocycles. The standard InChI is InChI=1S/C15H21N3OS/c1-11-3-4-13(19-11)14-17-7-12(20-14)8-18-6-5-15(2,9-16)10-18/h3-4,7H,5-6,8-10,16H2,1-2H3. The molecule has 1 fully saturated rings. The normalized spacial score (nSPS) is 23.6. The van der Waals surface area contributed by atoms with Crippen LogP contribution in [0.15, 0.2) is 22.7 Å². The number of nitrogens with two attached hydrogens (primary N) is 1. The van der Waals surface area contributed by atoms with Crippen molar-refractivity contribution in [3.8, 4) is 10.8 Å². The monoisotopic (exact) mass is 291 g/mol. The van der Waals surface area contributed by atoms with Gasteiger partial charge in [-0.25, -0.2) is 4.98 Å². The molecular weight excluding hydrogens is 270 g/mol. The Bertz CT molecular complexity index is 591. The van der Waals surface area contributed by atoms with Crippen molar-refractivity contribution >= 4 is 11.3 Å². The second-order valence-electron chi connectivity index (χ2n) is 6.02. The molecule has 1 atom stereocenters. The molecule has 20 heavy (non-hydrogen) atoms. The minimum absolute atomic E-state index is 0.283. The van der Waals surface area contributed by atoms with Crippen molar-refractivity contribution in [1.29, 1.82) is 0 Å². The summed E-state index contributed by atoms with van der Waals surface area (Å²) in [5.74, 6) is 1.79. The van der Waals surface area contributed by atoms with Crippen LogP contribution in [0.2, 0.25) is 0 Å². The van der Waals surface area contributed by atoms with Crippen molar-refractivity contribution in [3.05, 3.63) is 29.0 Å². The summed E-state index contributed by atoms with van der Waals surface area (Å²) in [5, 5.41) is 0.967. The first kappa shape index (κ1) is 13.8. The molecule has 4 nitrogen and oxygen atoms in total. The van der Waals surface area contributed by atoms with E-state index < -0.39 is 0 Å². The van der Waals surface area contributed by atoms with Crippen LogP contribution in [0, 0.1) is 12.3 Å². The van der Waals surface area contributed by atoms with Gasteiger partial charge in [0, 0.05) is 24.2 Å². The van der Waals surface area contributed by atoms with Gasteiger partial charge in [0.15, 0.2) is 10.8 Å². The second-order valence-corrected chi connectivity index (χ2v) is 7.13. The Balaban J connectivity index is 1.66. The van der Waals surface area contributed by atoms with E-state index in [0.717, 1.165) is 42.7 Å². The summed E-state index contributed by atoms with van der Waals surface area (Å²) in [6, 6.07) is 3.96. The minimum atomic E-state index is 0.283. The molecule has 1 aliphatic heterocycles. The first-order valence-electron chi connectivity index (χ1n) is 7.02. The van der Waals surface area contributed by atoms with Crippen molar-refractivity contribution in [1.82, 2.24) is 9.88 Å². The number of likely N-dealkylation sites (tertiary alicyclic amines) is 1. The third-order valence-electron chi connectivity index (χ3n) is 4.01. The number of rotatable bonds is 4. The van der Waals surface area contributed by atoms with Crippen LogP contribution >= 0.6 is 11.3 Å². The average molecular weight is 291 g/mol. The highest BCUT2D eigenvalue weighted by molar-refractivity contribution is 7.14. The van der Waals surface area contributed by atoms with Gasteiger partial charge >= 0.3 is 0 Å². The lowest BCUT2D eigenvalue weighted by Crippen LogP contribution is -2.30. The predicted octanol–water partition coefficient (Wildman–Crippen LogP) is 2.88. The quantitative estimate of drug-likeness (QED) is 0.941. The fourth-order valence-corrected chi connectivity index (χ4v) is 3.61. The van der Waals surface area contributed by atoms with Crippen molar-refractivity contribution in [2.75, 3.05) is 19.6 Å². The molecular formula is C15H21N3OS. The molecule has 2 N–H and O–H groups in total. The Morgan fingerprint density at radius 3 is 3.00 bits per heavy atom. The third kappa shape index (κ3) is 2.80. The van der Waals surface area contributed by atoms with Gasteiger partial charge in [0.2, 0.25) is 0 Å². The minimum Gasteiger partial charge on any atom is -0.459 e. The third-order valence-corrected chi connectivity index (χ3v) is 5.01. The molecule has 5 heteroatoms.